The molecule has 2 aromatic carbocycles. The van der Waals surface area contributed by atoms with E-state index in [0.29, 0.717) is 0 Å². The molecule has 2 aromatic rings. The van der Waals surface area contributed by atoms with E-state index in [2.05, 4.69) is 103 Å². The quantitative estimate of drug-likeness (QED) is 0.353. The first-order valence-electron chi connectivity index (χ1n) is 10.2. The molecule has 4 heteroatoms. The van der Waals surface area contributed by atoms with Crippen LogP contribution in [0, 0.1) is 0 Å². The van der Waals surface area contributed by atoms with Gasteiger partial charge in [0.15, 0.2) is 0 Å². The molecule has 0 aromatic heterocycles. The van der Waals surface area contributed by atoms with Gasteiger partial charge in [0.05, 0.1) is 0 Å². The van der Waals surface area contributed by atoms with Gasteiger partial charge in [0.25, 0.3) is 0 Å². The Morgan fingerprint density at radius 1 is 0.633 bits per heavy atom. The Bertz CT molecular complexity index is 1040. The summed E-state index contributed by atoms with van der Waals surface area (Å²) < 4.78 is 8.86. The van der Waals surface area contributed by atoms with E-state index in [9.17, 15) is 0 Å². The molecule has 0 spiro atoms. The fourth-order valence-corrected chi connectivity index (χ4v) is 21.1. The van der Waals surface area contributed by atoms with Gasteiger partial charge in [-0.05, 0) is 0 Å². The number of allylic oxidation sites excluding steroid dienone is 8. The van der Waals surface area contributed by atoms with Crippen molar-refractivity contribution in [2.75, 3.05) is 0 Å². The average Bonchev–Trinajstić information content (AvgIpc) is 3.27. The average molecular weight is 535 g/mol. The van der Waals surface area contributed by atoms with E-state index in [-0.39, 0.29) is 24.8 Å². The summed E-state index contributed by atoms with van der Waals surface area (Å²) in [5, 5.41) is 0. The Kier molecular flexibility index (Phi) is 7.85. The topological polar surface area (TPSA) is 0 Å². The van der Waals surface area contributed by atoms with Crippen LogP contribution in [0.15, 0.2) is 90.5 Å². The molecule has 0 fully saturated rings. The van der Waals surface area contributed by atoms with Crippen LogP contribution in [0.3, 0.4) is 0 Å². The molecule has 2 aliphatic rings. The molecule has 0 nitrogen and oxygen atoms in total. The van der Waals surface area contributed by atoms with Crippen molar-refractivity contribution >= 4 is 42.8 Å². The van der Waals surface area contributed by atoms with E-state index in [1.165, 1.54) is 33.4 Å². The van der Waals surface area contributed by atoms with E-state index in [1.54, 1.807) is 6.56 Å². The van der Waals surface area contributed by atoms with E-state index in [4.69, 9.17) is 0 Å². The molecular weight excluding hydrogens is 503 g/mol. The van der Waals surface area contributed by atoms with Crippen molar-refractivity contribution in [2.24, 2.45) is 0 Å². The predicted octanol–water partition coefficient (Wildman–Crippen LogP) is 7.69. The first kappa shape index (κ1) is 25.3. The standard InChI is InChI=1S/2C12H11.2CH3.2ClH.H2Si.Zr/c2*1-10-7-8-12(9-10)11-5-3-2-4-6-11;;;;;;/h2*2-6,9H,8H2,1H3;2*1H3;2*1H;1H2;. The number of halogens is 2. The zero-order chi connectivity index (χ0) is 20.0. The summed E-state index contributed by atoms with van der Waals surface area (Å²) in [5.41, 5.74) is 8.81. The first-order valence-corrected chi connectivity index (χ1v) is 23.5. The summed E-state index contributed by atoms with van der Waals surface area (Å²) >= 11 is -3.19. The van der Waals surface area contributed by atoms with Crippen LogP contribution >= 0.6 is 24.8 Å². The van der Waals surface area contributed by atoms with Gasteiger partial charge in [0.2, 0.25) is 0 Å². The summed E-state index contributed by atoms with van der Waals surface area (Å²) in [6, 6.07) is 21.8. The zero-order valence-corrected chi connectivity index (χ0v) is 23.9. The van der Waals surface area contributed by atoms with Crippen LogP contribution in [-0.2, 0) is 17.4 Å². The number of rotatable bonds is 4. The molecule has 4 rings (SSSR count). The molecule has 0 N–H and O–H groups in total. The monoisotopic (exact) mass is 532 g/mol. The fourth-order valence-electron chi connectivity index (χ4n) is 5.15. The Balaban J connectivity index is 0.00000160. The summed E-state index contributed by atoms with van der Waals surface area (Å²) in [4.78, 5) is 0. The van der Waals surface area contributed by atoms with Gasteiger partial charge in [-0.25, -0.2) is 0 Å². The molecule has 0 unspecified atom stereocenters. The fraction of sp³-hybridized carbons (Fsp3) is 0.231. The first-order chi connectivity index (χ1) is 13.2. The van der Waals surface area contributed by atoms with Crippen LogP contribution in [0.4, 0.5) is 0 Å². The van der Waals surface area contributed by atoms with Crippen molar-refractivity contribution in [1.82, 2.24) is 0 Å². The van der Waals surface area contributed by atoms with Gasteiger partial charge in [-0.2, -0.15) is 0 Å². The van der Waals surface area contributed by atoms with Gasteiger partial charge in [0.1, 0.15) is 0 Å². The maximum atomic E-state index is 2.65. The molecule has 2 aliphatic carbocycles. The predicted molar refractivity (Wildman–Crippen MR) is 138 cm³/mol. The molecule has 0 aliphatic heterocycles. The number of hydrogen-bond acceptors (Lipinski definition) is 0. The van der Waals surface area contributed by atoms with E-state index < -0.39 is 17.4 Å². The Labute approximate surface area is 196 Å². The largest absolute Gasteiger partial charge is 0.147 e. The van der Waals surface area contributed by atoms with Crippen molar-refractivity contribution < 1.29 is 17.4 Å². The van der Waals surface area contributed by atoms with Crippen LogP contribution < -0.4 is 0 Å². The Hall–Kier alpha value is -0.920. The maximum Gasteiger partial charge on any atom is -0.147 e. The van der Waals surface area contributed by atoms with Crippen molar-refractivity contribution in [3.63, 3.8) is 0 Å². The van der Waals surface area contributed by atoms with Gasteiger partial charge in [-0.1, -0.05) is 0 Å². The van der Waals surface area contributed by atoms with Crippen LogP contribution in [-0.4, -0.2) is 6.88 Å². The van der Waals surface area contributed by atoms with Gasteiger partial charge in [-0.3, -0.25) is 0 Å². The normalized spacial score (nSPS) is 16.7. The molecule has 30 heavy (non-hydrogen) atoms. The summed E-state index contributed by atoms with van der Waals surface area (Å²) in [6.45, 7) is 7.06. The van der Waals surface area contributed by atoms with Gasteiger partial charge >= 0.3 is 173 Å². The van der Waals surface area contributed by atoms with Crippen LogP contribution in [0.25, 0.3) is 11.1 Å². The molecule has 0 amide bonds. The van der Waals surface area contributed by atoms with Crippen LogP contribution in [0.2, 0.25) is 9.26 Å². The van der Waals surface area contributed by atoms with E-state index in [0.717, 1.165) is 12.8 Å². The zero-order valence-electron chi connectivity index (χ0n) is 18.4. The number of benzene rings is 2. The Morgan fingerprint density at radius 3 is 1.30 bits per heavy atom. The van der Waals surface area contributed by atoms with Gasteiger partial charge < -0.3 is 0 Å². The summed E-state index contributed by atoms with van der Waals surface area (Å²) in [5.74, 6) is 0. The minimum absolute atomic E-state index is 0. The molecule has 0 saturated heterocycles. The number of hydrogen-bond donors (Lipinski definition) is 0. The molecule has 0 atom stereocenters. The van der Waals surface area contributed by atoms with Crippen molar-refractivity contribution in [3.05, 3.63) is 102 Å². The molecule has 158 valence electrons. The molecule has 0 saturated carbocycles. The van der Waals surface area contributed by atoms with Gasteiger partial charge in [-0.15, -0.1) is 24.8 Å². The van der Waals surface area contributed by atoms with Crippen LogP contribution in [0.5, 0.6) is 0 Å². The molecule has 0 heterocycles. The van der Waals surface area contributed by atoms with E-state index >= 15 is 0 Å². The minimum atomic E-state index is -3.19. The minimum Gasteiger partial charge on any atom is -0.147 e. The van der Waals surface area contributed by atoms with E-state index in [1.807, 2.05) is 0 Å². The second kappa shape index (κ2) is 9.29. The van der Waals surface area contributed by atoms with Crippen molar-refractivity contribution in [3.8, 4) is 0 Å². The second-order valence-electron chi connectivity index (χ2n) is 9.43. The SMILES string of the molecule is CC1=[C]([Zr]([CH3])([CH3])(=[SiH2])[C]2=C(C)C=C(c3ccccc3)C2)CC(c2ccccc2)=C1.Cl.Cl. The third-order valence-corrected chi connectivity index (χ3v) is 24.1. The summed E-state index contributed by atoms with van der Waals surface area (Å²) in [6.07, 6.45) is 7.18. The maximum absolute atomic E-state index is 3.19. The third-order valence-electron chi connectivity index (χ3n) is 6.69. The van der Waals surface area contributed by atoms with Crippen LogP contribution in [0.1, 0.15) is 37.8 Å². The Morgan fingerprint density at radius 2 is 0.967 bits per heavy atom. The summed E-state index contributed by atoms with van der Waals surface area (Å²) in [7, 11) is 0. The van der Waals surface area contributed by atoms with Crippen molar-refractivity contribution in [1.29, 1.82) is 0 Å². The van der Waals surface area contributed by atoms with Gasteiger partial charge in [0, 0.05) is 0 Å². The smallest absolute Gasteiger partial charge is 0.147 e. The second-order valence-corrected chi connectivity index (χ2v) is 38.2. The molecule has 0 bridgehead atoms. The molecular formula is C26H32Cl2SiZr. The van der Waals surface area contributed by atoms with Crippen molar-refractivity contribution in [2.45, 2.75) is 36.0 Å². The third kappa shape index (κ3) is 4.63. The molecule has 0 radical (unpaired) electrons.